The SMILES string of the molecule is CC(C)c1[nH]c(=S)n(-c2ccccc2)c1O. The van der Waals surface area contributed by atoms with Gasteiger partial charge in [0.05, 0.1) is 11.4 Å². The Morgan fingerprint density at radius 2 is 1.88 bits per heavy atom. The summed E-state index contributed by atoms with van der Waals surface area (Å²) in [7, 11) is 0. The summed E-state index contributed by atoms with van der Waals surface area (Å²) in [6, 6.07) is 9.58. The molecule has 0 aliphatic heterocycles. The molecule has 2 aromatic rings. The first-order valence-electron chi connectivity index (χ1n) is 5.20. The van der Waals surface area contributed by atoms with Crippen LogP contribution in [0.4, 0.5) is 0 Å². The zero-order chi connectivity index (χ0) is 11.7. The predicted octanol–water partition coefficient (Wildman–Crippen LogP) is 3.36. The Kier molecular flexibility index (Phi) is 2.83. The van der Waals surface area contributed by atoms with Crippen molar-refractivity contribution in [1.29, 1.82) is 0 Å². The molecule has 0 bridgehead atoms. The fourth-order valence-corrected chi connectivity index (χ4v) is 1.96. The van der Waals surface area contributed by atoms with Crippen molar-refractivity contribution in [1.82, 2.24) is 9.55 Å². The molecule has 1 heterocycles. The number of aromatic hydroxyl groups is 1. The second-order valence-electron chi connectivity index (χ2n) is 3.99. The third-order valence-corrected chi connectivity index (χ3v) is 2.77. The minimum Gasteiger partial charge on any atom is -0.493 e. The van der Waals surface area contributed by atoms with E-state index in [1.807, 2.05) is 44.2 Å². The normalized spacial score (nSPS) is 10.9. The van der Waals surface area contributed by atoms with Crippen LogP contribution in [0.3, 0.4) is 0 Å². The number of aromatic nitrogens is 2. The van der Waals surface area contributed by atoms with Crippen LogP contribution in [0.1, 0.15) is 25.5 Å². The van der Waals surface area contributed by atoms with Crippen LogP contribution in [0.5, 0.6) is 5.88 Å². The highest BCUT2D eigenvalue weighted by Gasteiger charge is 2.14. The molecule has 2 rings (SSSR count). The van der Waals surface area contributed by atoms with Crippen molar-refractivity contribution < 1.29 is 5.11 Å². The van der Waals surface area contributed by atoms with E-state index < -0.39 is 0 Å². The summed E-state index contributed by atoms with van der Waals surface area (Å²) in [5.74, 6) is 0.415. The molecule has 0 saturated heterocycles. The van der Waals surface area contributed by atoms with Crippen LogP contribution in [-0.4, -0.2) is 14.7 Å². The highest BCUT2D eigenvalue weighted by molar-refractivity contribution is 7.71. The maximum absolute atomic E-state index is 10.1. The topological polar surface area (TPSA) is 41.0 Å². The quantitative estimate of drug-likeness (QED) is 0.782. The van der Waals surface area contributed by atoms with E-state index in [0.717, 1.165) is 11.4 Å². The van der Waals surface area contributed by atoms with Gasteiger partial charge < -0.3 is 10.1 Å². The van der Waals surface area contributed by atoms with Crippen molar-refractivity contribution in [3.63, 3.8) is 0 Å². The van der Waals surface area contributed by atoms with Gasteiger partial charge in [0.15, 0.2) is 4.77 Å². The number of H-pyrrole nitrogens is 1. The van der Waals surface area contributed by atoms with E-state index in [0.29, 0.717) is 4.77 Å². The third-order valence-electron chi connectivity index (χ3n) is 2.49. The highest BCUT2D eigenvalue weighted by Crippen LogP contribution is 2.27. The monoisotopic (exact) mass is 234 g/mol. The first kappa shape index (κ1) is 11.0. The van der Waals surface area contributed by atoms with Gasteiger partial charge in [0, 0.05) is 0 Å². The molecule has 1 aromatic carbocycles. The van der Waals surface area contributed by atoms with Crippen molar-refractivity contribution in [3.8, 4) is 11.6 Å². The number of aromatic amines is 1. The lowest BCUT2D eigenvalue weighted by molar-refractivity contribution is 0.432. The Hall–Kier alpha value is -1.55. The fraction of sp³-hybridized carbons (Fsp3) is 0.250. The van der Waals surface area contributed by atoms with E-state index in [2.05, 4.69) is 4.98 Å². The van der Waals surface area contributed by atoms with Gasteiger partial charge in [-0.05, 0) is 30.3 Å². The molecule has 0 aliphatic rings. The maximum Gasteiger partial charge on any atom is 0.218 e. The lowest BCUT2D eigenvalue weighted by atomic mass is 10.1. The van der Waals surface area contributed by atoms with Gasteiger partial charge in [0.25, 0.3) is 0 Å². The first-order valence-corrected chi connectivity index (χ1v) is 5.61. The zero-order valence-corrected chi connectivity index (χ0v) is 10.1. The van der Waals surface area contributed by atoms with Crippen LogP contribution in [0, 0.1) is 4.77 Å². The number of nitrogens with zero attached hydrogens (tertiary/aromatic N) is 1. The largest absolute Gasteiger partial charge is 0.493 e. The summed E-state index contributed by atoms with van der Waals surface area (Å²) in [5, 5.41) is 10.1. The van der Waals surface area contributed by atoms with Gasteiger partial charge in [-0.3, -0.25) is 4.57 Å². The maximum atomic E-state index is 10.1. The van der Waals surface area contributed by atoms with Gasteiger partial charge in [-0.15, -0.1) is 0 Å². The highest BCUT2D eigenvalue weighted by atomic mass is 32.1. The molecule has 84 valence electrons. The number of imidazole rings is 1. The molecule has 0 fully saturated rings. The molecule has 0 aliphatic carbocycles. The standard InChI is InChI=1S/C12H14N2OS/c1-8(2)10-11(15)14(12(16)13-10)9-6-4-3-5-7-9/h3-8,15H,1-2H3,(H,13,16). The molecule has 0 spiro atoms. The zero-order valence-electron chi connectivity index (χ0n) is 9.27. The average molecular weight is 234 g/mol. The number of para-hydroxylation sites is 1. The smallest absolute Gasteiger partial charge is 0.218 e. The van der Waals surface area contributed by atoms with Crippen molar-refractivity contribution in [2.24, 2.45) is 0 Å². The predicted molar refractivity (Wildman–Crippen MR) is 66.7 cm³/mol. The molecular formula is C12H14N2OS. The minimum absolute atomic E-state index is 0.200. The van der Waals surface area contributed by atoms with Crippen molar-refractivity contribution >= 4 is 12.2 Å². The molecule has 16 heavy (non-hydrogen) atoms. The second kappa shape index (κ2) is 4.14. The Balaban J connectivity index is 2.63. The Bertz CT molecular complexity index is 540. The minimum atomic E-state index is 0.200. The number of hydrogen-bond acceptors (Lipinski definition) is 2. The molecule has 2 N–H and O–H groups in total. The van der Waals surface area contributed by atoms with Crippen molar-refractivity contribution in [2.75, 3.05) is 0 Å². The van der Waals surface area contributed by atoms with Gasteiger partial charge in [0.1, 0.15) is 0 Å². The second-order valence-corrected chi connectivity index (χ2v) is 4.38. The van der Waals surface area contributed by atoms with Crippen LogP contribution in [0.15, 0.2) is 30.3 Å². The number of rotatable bonds is 2. The molecule has 0 amide bonds. The summed E-state index contributed by atoms with van der Waals surface area (Å²) < 4.78 is 2.16. The van der Waals surface area contributed by atoms with Gasteiger partial charge in [-0.1, -0.05) is 32.0 Å². The molecule has 0 saturated carbocycles. The van der Waals surface area contributed by atoms with E-state index in [1.54, 1.807) is 4.57 Å². The van der Waals surface area contributed by atoms with Gasteiger partial charge >= 0.3 is 0 Å². The van der Waals surface area contributed by atoms with E-state index >= 15 is 0 Å². The fourth-order valence-electron chi connectivity index (χ4n) is 1.66. The third kappa shape index (κ3) is 1.76. The van der Waals surface area contributed by atoms with E-state index in [9.17, 15) is 5.11 Å². The number of hydrogen-bond donors (Lipinski definition) is 2. The van der Waals surface area contributed by atoms with Gasteiger partial charge in [-0.2, -0.15) is 0 Å². The summed E-state index contributed by atoms with van der Waals surface area (Å²) in [5.41, 5.74) is 1.64. The molecule has 0 radical (unpaired) electrons. The summed E-state index contributed by atoms with van der Waals surface area (Å²) in [4.78, 5) is 3.04. The first-order chi connectivity index (χ1) is 7.61. The number of benzene rings is 1. The van der Waals surface area contributed by atoms with Crippen molar-refractivity contribution in [2.45, 2.75) is 19.8 Å². The summed E-state index contributed by atoms with van der Waals surface area (Å²) in [6.45, 7) is 4.02. The number of nitrogens with one attached hydrogen (secondary N) is 1. The van der Waals surface area contributed by atoms with Gasteiger partial charge in [0.2, 0.25) is 5.88 Å². The van der Waals surface area contributed by atoms with E-state index in [4.69, 9.17) is 12.2 Å². The Morgan fingerprint density at radius 3 is 2.38 bits per heavy atom. The summed E-state index contributed by atoms with van der Waals surface area (Å²) >= 11 is 5.21. The van der Waals surface area contributed by atoms with Crippen LogP contribution >= 0.6 is 12.2 Å². The van der Waals surface area contributed by atoms with Gasteiger partial charge in [-0.25, -0.2) is 0 Å². The Labute approximate surface area is 99.4 Å². The molecule has 1 aromatic heterocycles. The molecule has 3 nitrogen and oxygen atoms in total. The Morgan fingerprint density at radius 1 is 1.25 bits per heavy atom. The van der Waals surface area contributed by atoms with Crippen LogP contribution in [-0.2, 0) is 0 Å². The lowest BCUT2D eigenvalue weighted by Crippen LogP contribution is -1.93. The average Bonchev–Trinajstić information content (AvgIpc) is 2.56. The van der Waals surface area contributed by atoms with Crippen LogP contribution in [0.25, 0.3) is 5.69 Å². The molecular weight excluding hydrogens is 220 g/mol. The van der Waals surface area contributed by atoms with E-state index in [-0.39, 0.29) is 11.8 Å². The van der Waals surface area contributed by atoms with E-state index in [1.165, 1.54) is 0 Å². The van der Waals surface area contributed by atoms with Crippen LogP contribution in [0.2, 0.25) is 0 Å². The molecule has 4 heteroatoms. The van der Waals surface area contributed by atoms with Crippen LogP contribution < -0.4 is 0 Å². The lowest BCUT2D eigenvalue weighted by Gasteiger charge is -2.05. The molecule has 0 atom stereocenters. The molecule has 0 unspecified atom stereocenters. The summed E-state index contributed by atoms with van der Waals surface area (Å²) in [6.07, 6.45) is 0. The van der Waals surface area contributed by atoms with Crippen molar-refractivity contribution in [3.05, 3.63) is 40.8 Å².